The molecule has 0 aliphatic heterocycles. The van der Waals surface area contributed by atoms with E-state index >= 15 is 0 Å². The van der Waals surface area contributed by atoms with Crippen molar-refractivity contribution in [1.82, 2.24) is 0 Å². The number of rotatable bonds is 2. The Kier molecular flexibility index (Phi) is 24.2. The molecule has 0 spiro atoms. The van der Waals surface area contributed by atoms with E-state index in [-0.39, 0.29) is 7.43 Å². The molecule has 0 amide bonds. The van der Waals surface area contributed by atoms with Gasteiger partial charge < -0.3 is 10.8 Å². The molecule has 0 aliphatic rings. The topological polar surface area (TPSA) is 63.3 Å². The first-order valence-corrected chi connectivity index (χ1v) is 10.2. The van der Waals surface area contributed by atoms with Crippen LogP contribution >= 0.6 is 0 Å². The summed E-state index contributed by atoms with van der Waals surface area (Å²) in [5, 5.41) is 8.06. The number of hydrogen-bond donors (Lipinski definition) is 2. The zero-order chi connectivity index (χ0) is 22.8. The maximum atomic E-state index is 9.81. The van der Waals surface area contributed by atoms with Crippen LogP contribution in [0.5, 0.6) is 0 Å². The molecule has 0 heterocycles. The predicted molar refractivity (Wildman–Crippen MR) is 138 cm³/mol. The highest BCUT2D eigenvalue weighted by molar-refractivity contribution is 5.72. The van der Waals surface area contributed by atoms with Crippen molar-refractivity contribution in [2.24, 2.45) is 5.73 Å². The van der Waals surface area contributed by atoms with Crippen molar-refractivity contribution in [2.45, 2.75) is 26.8 Å². The summed E-state index contributed by atoms with van der Waals surface area (Å²) >= 11 is 0. The molecule has 4 aromatic carbocycles. The van der Waals surface area contributed by atoms with Gasteiger partial charge in [0.2, 0.25) is 0 Å². The zero-order valence-corrected chi connectivity index (χ0v) is 18.1. The number of nitrogens with two attached hydrogens (primary N) is 1. The van der Waals surface area contributed by atoms with Crippen molar-refractivity contribution in [3.8, 4) is 0 Å². The van der Waals surface area contributed by atoms with Crippen molar-refractivity contribution in [2.75, 3.05) is 0 Å². The third kappa shape index (κ3) is 24.3. The largest absolute Gasteiger partial charge is 0.480 e. The number of hydrogen-bond acceptors (Lipinski definition) is 2. The fourth-order valence-corrected chi connectivity index (χ4v) is 1.71. The maximum absolute atomic E-state index is 9.81. The van der Waals surface area contributed by atoms with Crippen LogP contribution in [0.15, 0.2) is 146 Å². The average molecular weight is 432 g/mol. The molecule has 0 aliphatic carbocycles. The number of carboxylic acid groups (broad SMARTS) is 1. The quantitative estimate of drug-likeness (QED) is 0.353. The van der Waals surface area contributed by atoms with Gasteiger partial charge in [-0.2, -0.15) is 0 Å². The minimum atomic E-state index is -0.928. The second-order valence-corrected chi connectivity index (χ2v) is 5.97. The van der Waals surface area contributed by atoms with E-state index in [0.29, 0.717) is 6.42 Å². The molecular formula is C29H37NO2. The lowest BCUT2D eigenvalue weighted by Gasteiger charge is -1.97. The third-order valence-electron chi connectivity index (χ3n) is 3.42. The maximum Gasteiger partial charge on any atom is 0.320 e. The van der Waals surface area contributed by atoms with Crippen molar-refractivity contribution in [3.05, 3.63) is 146 Å². The van der Waals surface area contributed by atoms with Gasteiger partial charge in [0.25, 0.3) is 0 Å². The van der Waals surface area contributed by atoms with Crippen molar-refractivity contribution in [3.63, 3.8) is 0 Å². The molecule has 4 aromatic rings. The van der Waals surface area contributed by atoms with E-state index in [9.17, 15) is 4.79 Å². The van der Waals surface area contributed by atoms with Gasteiger partial charge in [0.15, 0.2) is 0 Å². The van der Waals surface area contributed by atoms with Crippen LogP contribution in [0.25, 0.3) is 0 Å². The molecule has 3 N–H and O–H groups in total. The molecule has 0 aromatic heterocycles. The fraction of sp³-hybridized carbons (Fsp3) is 0.138. The van der Waals surface area contributed by atoms with Gasteiger partial charge in [-0.15, -0.1) is 0 Å². The Bertz CT molecular complexity index is 578. The van der Waals surface area contributed by atoms with Crippen molar-refractivity contribution in [1.29, 1.82) is 0 Å². The number of benzene rings is 4. The number of carboxylic acids is 1. The van der Waals surface area contributed by atoms with Gasteiger partial charge in [0, 0.05) is 0 Å². The summed E-state index contributed by atoms with van der Waals surface area (Å²) < 4.78 is 0. The summed E-state index contributed by atoms with van der Waals surface area (Å²) in [6.45, 7) is 1.73. The van der Waals surface area contributed by atoms with Crippen LogP contribution in [-0.2, 0) is 4.79 Å². The summed E-state index contributed by atoms with van der Waals surface area (Å²) in [6.07, 6.45) is 0.495. The van der Waals surface area contributed by atoms with E-state index in [0.717, 1.165) is 0 Å². The van der Waals surface area contributed by atoms with E-state index in [1.807, 2.05) is 146 Å². The predicted octanol–water partition coefficient (Wildman–Crippen LogP) is 7.19. The van der Waals surface area contributed by atoms with E-state index < -0.39 is 12.0 Å². The SMILES string of the molecule is C.CCC(N)C(=O)O.c1ccccc1.c1ccccc1.c1ccccc1.c1ccccc1. The summed E-state index contributed by atoms with van der Waals surface area (Å²) in [5.41, 5.74) is 5.02. The molecule has 0 bridgehead atoms. The second-order valence-electron chi connectivity index (χ2n) is 5.97. The Morgan fingerprint density at radius 1 is 0.531 bits per heavy atom. The standard InChI is InChI=1S/4C6H6.C4H9NO2.CH4/c4*1-2-4-6-5-3-1;1-2-3(5)4(6)7;/h4*1-6H;3H,2,5H2,1H3,(H,6,7);1H4. The highest BCUT2D eigenvalue weighted by Gasteiger charge is 2.05. The molecule has 32 heavy (non-hydrogen) atoms. The average Bonchev–Trinajstić information content (AvgIpc) is 2.89. The van der Waals surface area contributed by atoms with Crippen LogP contribution in [-0.4, -0.2) is 17.1 Å². The van der Waals surface area contributed by atoms with Crippen LogP contribution in [0.3, 0.4) is 0 Å². The first-order valence-electron chi connectivity index (χ1n) is 10.2. The molecule has 1 unspecified atom stereocenters. The molecule has 4 rings (SSSR count). The molecule has 0 saturated carbocycles. The van der Waals surface area contributed by atoms with E-state index in [4.69, 9.17) is 10.8 Å². The second kappa shape index (κ2) is 25.3. The van der Waals surface area contributed by atoms with Gasteiger partial charge in [-0.05, 0) is 6.42 Å². The van der Waals surface area contributed by atoms with E-state index in [1.54, 1.807) is 6.92 Å². The smallest absolute Gasteiger partial charge is 0.320 e. The summed E-state index contributed by atoms with van der Waals surface area (Å²) in [4.78, 5) is 9.81. The van der Waals surface area contributed by atoms with Gasteiger partial charge in [-0.25, -0.2) is 0 Å². The molecule has 0 saturated heterocycles. The van der Waals surface area contributed by atoms with Gasteiger partial charge in [-0.3, -0.25) is 4.79 Å². The number of carbonyl (C=O) groups is 1. The van der Waals surface area contributed by atoms with Crippen LogP contribution in [0.4, 0.5) is 0 Å². The van der Waals surface area contributed by atoms with Gasteiger partial charge in [-0.1, -0.05) is 160 Å². The summed E-state index contributed by atoms with van der Waals surface area (Å²) in [7, 11) is 0. The van der Waals surface area contributed by atoms with Crippen LogP contribution in [0.1, 0.15) is 20.8 Å². The van der Waals surface area contributed by atoms with Gasteiger partial charge in [0.1, 0.15) is 6.04 Å². The molecule has 0 radical (unpaired) electrons. The lowest BCUT2D eigenvalue weighted by Crippen LogP contribution is -2.28. The fourth-order valence-electron chi connectivity index (χ4n) is 1.71. The Labute approximate surface area is 194 Å². The van der Waals surface area contributed by atoms with Gasteiger partial charge >= 0.3 is 5.97 Å². The normalized spacial score (nSPS) is 8.94. The molecule has 170 valence electrons. The summed E-state index contributed by atoms with van der Waals surface area (Å²) in [5.74, 6) is -0.928. The van der Waals surface area contributed by atoms with Crippen molar-refractivity contribution < 1.29 is 9.90 Å². The zero-order valence-electron chi connectivity index (χ0n) is 18.1. The molecule has 3 heteroatoms. The van der Waals surface area contributed by atoms with Crippen molar-refractivity contribution >= 4 is 5.97 Å². The highest BCUT2D eigenvalue weighted by Crippen LogP contribution is 1.83. The van der Waals surface area contributed by atoms with Crippen LogP contribution < -0.4 is 5.73 Å². The molecule has 1 atom stereocenters. The lowest BCUT2D eigenvalue weighted by molar-refractivity contribution is -0.138. The Morgan fingerprint density at radius 3 is 0.688 bits per heavy atom. The van der Waals surface area contributed by atoms with E-state index in [2.05, 4.69) is 0 Å². The monoisotopic (exact) mass is 431 g/mol. The molecule has 0 fully saturated rings. The molecular weight excluding hydrogens is 394 g/mol. The Morgan fingerprint density at radius 2 is 0.656 bits per heavy atom. The number of aliphatic carboxylic acids is 1. The Hall–Kier alpha value is -3.69. The first-order chi connectivity index (χ1) is 15.2. The summed E-state index contributed by atoms with van der Waals surface area (Å²) in [6, 6.07) is 47.3. The minimum Gasteiger partial charge on any atom is -0.480 e. The van der Waals surface area contributed by atoms with Gasteiger partial charge in [0.05, 0.1) is 0 Å². The first kappa shape index (κ1) is 30.5. The highest BCUT2D eigenvalue weighted by atomic mass is 16.4. The molecule has 3 nitrogen and oxygen atoms in total. The van der Waals surface area contributed by atoms with E-state index in [1.165, 1.54) is 0 Å². The third-order valence-corrected chi connectivity index (χ3v) is 3.42. The minimum absolute atomic E-state index is 0. The van der Waals surface area contributed by atoms with Crippen LogP contribution in [0.2, 0.25) is 0 Å². The van der Waals surface area contributed by atoms with Crippen LogP contribution in [0, 0.1) is 0 Å². The lowest BCUT2D eigenvalue weighted by atomic mass is 10.2. The Balaban J connectivity index is 0.